The van der Waals surface area contributed by atoms with Gasteiger partial charge in [0.1, 0.15) is 5.75 Å². The van der Waals surface area contributed by atoms with Crippen LogP contribution in [0.3, 0.4) is 0 Å². The third kappa shape index (κ3) is 4.99. The molecule has 2 fully saturated rings. The first-order chi connectivity index (χ1) is 13.2. The number of hydrogen-bond acceptors (Lipinski definition) is 4. The van der Waals surface area contributed by atoms with Crippen molar-refractivity contribution in [3.8, 4) is 16.9 Å². The molecule has 2 saturated heterocycles. The molecule has 0 saturated carbocycles. The fraction of sp³-hybridized carbons (Fsp3) is 0.476. The van der Waals surface area contributed by atoms with Crippen LogP contribution in [0.2, 0.25) is 0 Å². The minimum absolute atomic E-state index is 0. The molecule has 152 valence electrons. The third-order valence-corrected chi connectivity index (χ3v) is 6.16. The molecule has 7 heteroatoms. The molecule has 3 heterocycles. The highest BCUT2D eigenvalue weighted by molar-refractivity contribution is 14.0. The van der Waals surface area contributed by atoms with Gasteiger partial charge in [-0.15, -0.1) is 35.3 Å². The van der Waals surface area contributed by atoms with Crippen LogP contribution in [0.15, 0.2) is 40.7 Å². The fourth-order valence-corrected chi connectivity index (χ4v) is 4.66. The summed E-state index contributed by atoms with van der Waals surface area (Å²) in [5, 5.41) is 9.13. The van der Waals surface area contributed by atoms with Crippen LogP contribution in [-0.4, -0.2) is 37.9 Å². The summed E-state index contributed by atoms with van der Waals surface area (Å²) in [6.07, 6.45) is 4.26. The van der Waals surface area contributed by atoms with Crippen LogP contribution < -0.4 is 15.4 Å². The molecule has 1 aromatic heterocycles. The molecule has 1 aromatic carbocycles. The van der Waals surface area contributed by atoms with Crippen LogP contribution in [0, 0.1) is 0 Å². The van der Waals surface area contributed by atoms with Crippen molar-refractivity contribution >= 4 is 41.3 Å². The number of halogens is 1. The van der Waals surface area contributed by atoms with E-state index in [1.54, 1.807) is 18.4 Å². The molecular weight excluding hydrogens is 485 g/mol. The van der Waals surface area contributed by atoms with Crippen molar-refractivity contribution in [1.82, 2.24) is 10.6 Å². The van der Waals surface area contributed by atoms with Gasteiger partial charge in [-0.2, -0.15) is 0 Å². The maximum absolute atomic E-state index is 5.94. The van der Waals surface area contributed by atoms with Gasteiger partial charge in [-0.1, -0.05) is 12.1 Å². The van der Waals surface area contributed by atoms with Crippen LogP contribution >= 0.6 is 35.3 Å². The van der Waals surface area contributed by atoms with E-state index in [-0.39, 0.29) is 24.0 Å². The lowest BCUT2D eigenvalue weighted by molar-refractivity contribution is 0.0992. The van der Waals surface area contributed by atoms with Gasteiger partial charge in [-0.3, -0.25) is 0 Å². The highest BCUT2D eigenvalue weighted by atomic mass is 127. The molecule has 2 N–H and O–H groups in total. The summed E-state index contributed by atoms with van der Waals surface area (Å²) in [6.45, 7) is 3.63. The summed E-state index contributed by atoms with van der Waals surface area (Å²) >= 11 is 1.75. The molecule has 3 unspecified atom stereocenters. The number of benzene rings is 1. The van der Waals surface area contributed by atoms with Crippen molar-refractivity contribution in [2.75, 3.05) is 13.7 Å². The van der Waals surface area contributed by atoms with Gasteiger partial charge < -0.3 is 20.1 Å². The molecule has 3 atom stereocenters. The highest BCUT2D eigenvalue weighted by Crippen LogP contribution is 2.34. The molecule has 4 rings (SSSR count). The molecule has 0 spiro atoms. The summed E-state index contributed by atoms with van der Waals surface area (Å²) < 4.78 is 11.2. The first kappa shape index (κ1) is 21.4. The molecule has 0 radical (unpaired) electrons. The Morgan fingerprint density at radius 3 is 2.71 bits per heavy atom. The summed E-state index contributed by atoms with van der Waals surface area (Å²) in [4.78, 5) is 6.05. The van der Waals surface area contributed by atoms with Crippen molar-refractivity contribution in [2.45, 2.75) is 51.0 Å². The van der Waals surface area contributed by atoms with Crippen molar-refractivity contribution in [1.29, 1.82) is 0 Å². The zero-order valence-corrected chi connectivity index (χ0v) is 19.5. The topological polar surface area (TPSA) is 54.9 Å². The van der Waals surface area contributed by atoms with Crippen LogP contribution in [0.1, 0.15) is 31.1 Å². The number of nitrogens with one attached hydrogen (secondary N) is 2. The first-order valence-electron chi connectivity index (χ1n) is 9.67. The van der Waals surface area contributed by atoms with E-state index in [1.807, 2.05) is 12.1 Å². The van der Waals surface area contributed by atoms with E-state index < -0.39 is 0 Å². The Bertz CT molecular complexity index is 793. The molecule has 2 aliphatic heterocycles. The van der Waals surface area contributed by atoms with Gasteiger partial charge in [-0.25, -0.2) is 4.99 Å². The van der Waals surface area contributed by atoms with Gasteiger partial charge in [-0.05, 0) is 60.9 Å². The summed E-state index contributed by atoms with van der Waals surface area (Å²) in [5.41, 5.74) is 2.43. The lowest BCUT2D eigenvalue weighted by Crippen LogP contribution is -2.47. The van der Waals surface area contributed by atoms with E-state index in [0.717, 1.165) is 31.1 Å². The molecule has 0 amide bonds. The van der Waals surface area contributed by atoms with E-state index in [2.05, 4.69) is 41.1 Å². The van der Waals surface area contributed by atoms with E-state index >= 15 is 0 Å². The number of guanidine groups is 1. The minimum atomic E-state index is 0. The predicted molar refractivity (Wildman–Crippen MR) is 126 cm³/mol. The van der Waals surface area contributed by atoms with E-state index in [0.29, 0.717) is 24.8 Å². The average Bonchev–Trinajstić information content (AvgIpc) is 3.43. The normalized spacial score (nSPS) is 23.4. The number of thiophene rings is 1. The predicted octanol–water partition coefficient (Wildman–Crippen LogP) is 4.42. The van der Waals surface area contributed by atoms with Gasteiger partial charge in [0, 0.05) is 11.4 Å². The molecular formula is C21H28IN3O2S. The SMILES string of the molecule is CCNC(=NCc1cc(-c2ccc(OC)cc2)cs1)NC1CC2CCC1O2.I. The number of aliphatic imine (C=N–C) groups is 1. The Kier molecular flexibility index (Phi) is 7.59. The van der Waals surface area contributed by atoms with Crippen molar-refractivity contribution < 1.29 is 9.47 Å². The largest absolute Gasteiger partial charge is 0.497 e. The van der Waals surface area contributed by atoms with Crippen LogP contribution in [-0.2, 0) is 11.3 Å². The number of methoxy groups -OCH3 is 1. The highest BCUT2D eigenvalue weighted by Gasteiger charge is 2.41. The van der Waals surface area contributed by atoms with Gasteiger partial charge >= 0.3 is 0 Å². The van der Waals surface area contributed by atoms with Crippen molar-refractivity contribution in [3.05, 3.63) is 40.6 Å². The average molecular weight is 513 g/mol. The summed E-state index contributed by atoms with van der Waals surface area (Å²) in [6, 6.07) is 10.8. The first-order valence-corrected chi connectivity index (χ1v) is 10.5. The number of hydrogen-bond donors (Lipinski definition) is 2. The quantitative estimate of drug-likeness (QED) is 0.341. The fourth-order valence-electron chi connectivity index (χ4n) is 3.84. The van der Waals surface area contributed by atoms with Crippen LogP contribution in [0.25, 0.3) is 11.1 Å². The Morgan fingerprint density at radius 1 is 1.25 bits per heavy atom. The lowest BCUT2D eigenvalue weighted by Gasteiger charge is -2.22. The zero-order chi connectivity index (χ0) is 18.6. The molecule has 0 aliphatic carbocycles. The zero-order valence-electron chi connectivity index (χ0n) is 16.3. The van der Waals surface area contributed by atoms with Crippen LogP contribution in [0.4, 0.5) is 0 Å². The lowest BCUT2D eigenvalue weighted by atomic mass is 9.96. The van der Waals surface area contributed by atoms with Crippen LogP contribution in [0.5, 0.6) is 5.75 Å². The Labute approximate surface area is 187 Å². The second-order valence-corrected chi connectivity index (χ2v) is 8.08. The van der Waals surface area contributed by atoms with E-state index in [4.69, 9.17) is 14.5 Å². The Balaban J connectivity index is 0.00000225. The molecule has 2 aromatic rings. The standard InChI is InChI=1S/C21H27N3O2S.HI/c1-3-22-21(24-19-11-17-8-9-20(19)26-17)23-12-18-10-15(13-27-18)14-4-6-16(25-2)7-5-14;/h4-7,10,13,17,19-20H,3,8-9,11-12H2,1-2H3,(H2,22,23,24);1H. The maximum atomic E-state index is 5.94. The van der Waals surface area contributed by atoms with E-state index in [1.165, 1.54) is 22.4 Å². The number of ether oxygens (including phenoxy) is 2. The van der Waals surface area contributed by atoms with Gasteiger partial charge in [0.2, 0.25) is 0 Å². The smallest absolute Gasteiger partial charge is 0.191 e. The second kappa shape index (κ2) is 9.93. The monoisotopic (exact) mass is 513 g/mol. The number of nitrogens with zero attached hydrogens (tertiary/aromatic N) is 1. The van der Waals surface area contributed by atoms with Crippen molar-refractivity contribution in [2.24, 2.45) is 4.99 Å². The minimum Gasteiger partial charge on any atom is -0.497 e. The summed E-state index contributed by atoms with van der Waals surface area (Å²) in [5.74, 6) is 1.77. The Morgan fingerprint density at radius 2 is 2.07 bits per heavy atom. The molecule has 2 aliphatic rings. The molecule has 5 nitrogen and oxygen atoms in total. The third-order valence-electron chi connectivity index (χ3n) is 5.24. The summed E-state index contributed by atoms with van der Waals surface area (Å²) in [7, 11) is 1.69. The van der Waals surface area contributed by atoms with Gasteiger partial charge in [0.15, 0.2) is 5.96 Å². The Hall–Kier alpha value is -1.32. The van der Waals surface area contributed by atoms with Gasteiger partial charge in [0.05, 0.1) is 31.9 Å². The molecule has 28 heavy (non-hydrogen) atoms. The number of rotatable bonds is 6. The second-order valence-electron chi connectivity index (χ2n) is 7.09. The van der Waals surface area contributed by atoms with Crippen molar-refractivity contribution in [3.63, 3.8) is 0 Å². The molecule has 2 bridgehead atoms. The van der Waals surface area contributed by atoms with Gasteiger partial charge in [0.25, 0.3) is 0 Å². The number of fused-ring (bicyclic) bond motifs is 2. The van der Waals surface area contributed by atoms with E-state index in [9.17, 15) is 0 Å². The maximum Gasteiger partial charge on any atom is 0.191 e.